The molecular weight excluding hydrogens is 563 g/mol. The van der Waals surface area contributed by atoms with Crippen LogP contribution in [0.2, 0.25) is 0 Å². The lowest BCUT2D eigenvalue weighted by molar-refractivity contribution is -0.132. The molecule has 0 spiro atoms. The second-order valence-corrected chi connectivity index (χ2v) is 8.66. The topological polar surface area (TPSA) is 122 Å². The lowest BCUT2D eigenvalue weighted by Gasteiger charge is -2.24. The Morgan fingerprint density at radius 3 is 2.49 bits per heavy atom. The summed E-state index contributed by atoms with van der Waals surface area (Å²) in [6, 6.07) is 8.08. The van der Waals surface area contributed by atoms with E-state index in [9.17, 15) is 18.4 Å². The molecule has 4 rings (SSSR count). The average molecular weight is 592 g/mol. The maximum Gasteiger partial charge on any atom is 0.387 e. The van der Waals surface area contributed by atoms with Crippen molar-refractivity contribution in [1.29, 1.82) is 0 Å². The van der Waals surface area contributed by atoms with Gasteiger partial charge in [-0.05, 0) is 49.9 Å². The van der Waals surface area contributed by atoms with Crippen molar-refractivity contribution in [3.05, 3.63) is 59.1 Å². The molecule has 214 valence electrons. The number of carbonyl (C=O) groups is 2. The van der Waals surface area contributed by atoms with E-state index in [1.807, 2.05) is 0 Å². The van der Waals surface area contributed by atoms with Gasteiger partial charge in [0.1, 0.15) is 5.76 Å². The summed E-state index contributed by atoms with van der Waals surface area (Å²) >= 11 is 0. The van der Waals surface area contributed by atoms with Crippen molar-refractivity contribution in [2.24, 2.45) is 11.7 Å². The minimum Gasteiger partial charge on any atom is -0.489 e. The van der Waals surface area contributed by atoms with Gasteiger partial charge in [-0.3, -0.25) is 0 Å². The number of pyridine rings is 1. The number of hydrogen-bond donors (Lipinski definition) is 1. The highest BCUT2D eigenvalue weighted by molar-refractivity contribution is 5.91. The van der Waals surface area contributed by atoms with Crippen LogP contribution < -0.4 is 19.9 Å². The van der Waals surface area contributed by atoms with Crippen molar-refractivity contribution < 1.29 is 42.1 Å². The molecule has 2 N–H and O–H groups in total. The number of aromatic nitrogens is 1. The lowest BCUT2D eigenvalue weighted by atomic mass is 10.1. The highest BCUT2D eigenvalue weighted by Gasteiger charge is 2.39. The number of methoxy groups -OCH3 is 1. The molecule has 10 nitrogen and oxygen atoms in total. The molecule has 0 saturated heterocycles. The summed E-state index contributed by atoms with van der Waals surface area (Å²) in [5, 5.41) is 0. The van der Waals surface area contributed by atoms with Crippen LogP contribution in [0.1, 0.15) is 42.0 Å². The van der Waals surface area contributed by atoms with Crippen LogP contribution in [0.15, 0.2) is 47.9 Å². The second-order valence-electron chi connectivity index (χ2n) is 8.66. The van der Waals surface area contributed by atoms with E-state index in [1.54, 1.807) is 14.0 Å². The Kier molecular flexibility index (Phi) is 11.1. The van der Waals surface area contributed by atoms with E-state index in [-0.39, 0.29) is 59.3 Å². The van der Waals surface area contributed by atoms with E-state index in [4.69, 9.17) is 19.9 Å². The third kappa shape index (κ3) is 7.61. The van der Waals surface area contributed by atoms with Crippen molar-refractivity contribution in [2.45, 2.75) is 38.6 Å². The number of halogens is 4. The molecular formula is C25H29Cl2F2N3O7. The van der Waals surface area contributed by atoms with Crippen LogP contribution in [-0.2, 0) is 14.3 Å². The van der Waals surface area contributed by atoms with Crippen LogP contribution in [-0.4, -0.2) is 55.2 Å². The fourth-order valence-corrected chi connectivity index (χ4v) is 3.72. The first kappa shape index (κ1) is 31.9. The summed E-state index contributed by atoms with van der Waals surface area (Å²) in [4.78, 5) is 30.4. The maximum absolute atomic E-state index is 13.2. The fraction of sp³-hybridized carbons (Fsp3) is 0.400. The van der Waals surface area contributed by atoms with E-state index < -0.39 is 30.8 Å². The number of nitrogens with zero attached hydrogens (tertiary/aromatic N) is 2. The number of rotatable bonds is 10. The molecule has 0 amide bonds. The Bertz CT molecular complexity index is 1210. The molecule has 2 atom stereocenters. The summed E-state index contributed by atoms with van der Waals surface area (Å²) in [5.74, 6) is -1.03. The molecule has 1 fully saturated rings. The zero-order valence-corrected chi connectivity index (χ0v) is 22.9. The van der Waals surface area contributed by atoms with Crippen LogP contribution in [0, 0.1) is 5.92 Å². The quantitative estimate of drug-likeness (QED) is 0.401. The highest BCUT2D eigenvalue weighted by Crippen LogP contribution is 2.41. The molecule has 1 saturated carbocycles. The Morgan fingerprint density at radius 2 is 1.87 bits per heavy atom. The summed E-state index contributed by atoms with van der Waals surface area (Å²) < 4.78 is 52.3. The van der Waals surface area contributed by atoms with Crippen molar-refractivity contribution >= 4 is 36.8 Å². The molecule has 2 aliphatic rings. The van der Waals surface area contributed by atoms with Gasteiger partial charge in [0.15, 0.2) is 29.1 Å². The van der Waals surface area contributed by atoms with Gasteiger partial charge in [0, 0.05) is 18.7 Å². The Balaban J connectivity index is 0.00000267. The SMILES string of the molecule is COC(=O)c1cccc(OC(=O)C2=C([C@H](C)N)O[C@@H](c3ccc(OC(F)F)c(OCC4CC4)c3)N2C)n1.Cl.Cl. The number of esters is 2. The molecule has 2 aromatic rings. The number of hydrogen-bond acceptors (Lipinski definition) is 10. The normalized spacial score (nSPS) is 17.0. The Morgan fingerprint density at radius 1 is 1.15 bits per heavy atom. The van der Waals surface area contributed by atoms with E-state index in [0.29, 0.717) is 18.1 Å². The van der Waals surface area contributed by atoms with E-state index in [0.717, 1.165) is 12.8 Å². The first-order valence-electron chi connectivity index (χ1n) is 11.6. The predicted octanol–water partition coefficient (Wildman–Crippen LogP) is 4.23. The first-order valence-corrected chi connectivity index (χ1v) is 11.6. The zero-order valence-electron chi connectivity index (χ0n) is 21.3. The largest absolute Gasteiger partial charge is 0.489 e. The van der Waals surface area contributed by atoms with E-state index >= 15 is 0 Å². The standard InChI is InChI=1S/C25H27F2N3O7.2ClH/c1-13(28)21-20(24(32)36-19-6-4-5-16(29-19)23(31)33-3)30(2)22(37-21)15-9-10-17(35-25(26)27)18(11-15)34-12-14-7-8-14;;/h4-6,9-11,13-14,22,25H,7-8,12,28H2,1-3H3;2*1H/t13-,22-;;/m0../s1. The summed E-state index contributed by atoms with van der Waals surface area (Å²) in [6.07, 6.45) is 1.20. The van der Waals surface area contributed by atoms with Gasteiger partial charge < -0.3 is 34.3 Å². The van der Waals surface area contributed by atoms with Crippen LogP contribution in [0.4, 0.5) is 8.78 Å². The van der Waals surface area contributed by atoms with Crippen molar-refractivity contribution in [3.8, 4) is 17.4 Å². The first-order chi connectivity index (χ1) is 17.7. The maximum atomic E-state index is 13.2. The van der Waals surface area contributed by atoms with E-state index in [1.165, 1.54) is 48.4 Å². The summed E-state index contributed by atoms with van der Waals surface area (Å²) in [6.45, 7) is -1.000. The van der Waals surface area contributed by atoms with Crippen LogP contribution >= 0.6 is 24.8 Å². The van der Waals surface area contributed by atoms with Crippen LogP contribution in [0.3, 0.4) is 0 Å². The molecule has 1 aromatic heterocycles. The van der Waals surface area contributed by atoms with Crippen molar-refractivity contribution in [3.63, 3.8) is 0 Å². The molecule has 1 aromatic carbocycles. The zero-order chi connectivity index (χ0) is 26.7. The van der Waals surface area contributed by atoms with Gasteiger partial charge >= 0.3 is 18.6 Å². The number of nitrogens with two attached hydrogens (primary N) is 1. The monoisotopic (exact) mass is 591 g/mol. The number of alkyl halides is 2. The van der Waals surface area contributed by atoms with Gasteiger partial charge in [0.25, 0.3) is 0 Å². The van der Waals surface area contributed by atoms with Crippen LogP contribution in [0.5, 0.6) is 17.4 Å². The molecule has 2 heterocycles. The highest BCUT2D eigenvalue weighted by atomic mass is 35.5. The number of benzene rings is 1. The molecule has 14 heteroatoms. The van der Waals surface area contributed by atoms with Crippen molar-refractivity contribution in [2.75, 3.05) is 20.8 Å². The predicted molar refractivity (Wildman–Crippen MR) is 139 cm³/mol. The van der Waals surface area contributed by atoms with Crippen LogP contribution in [0.25, 0.3) is 0 Å². The fourth-order valence-electron chi connectivity index (χ4n) is 3.72. The molecule has 0 bridgehead atoms. The molecule has 1 aliphatic heterocycles. The molecule has 0 unspecified atom stereocenters. The number of ether oxygens (including phenoxy) is 5. The number of likely N-dealkylation sites (N-methyl/N-ethyl adjacent to an activating group) is 1. The summed E-state index contributed by atoms with van der Waals surface area (Å²) in [5.41, 5.74) is 6.60. The average Bonchev–Trinajstić information content (AvgIpc) is 3.63. The molecule has 39 heavy (non-hydrogen) atoms. The molecule has 0 radical (unpaired) electrons. The van der Waals surface area contributed by atoms with Gasteiger partial charge in [0.2, 0.25) is 5.88 Å². The third-order valence-corrected chi connectivity index (χ3v) is 5.74. The van der Waals surface area contributed by atoms with E-state index in [2.05, 4.69) is 14.5 Å². The number of carbonyl (C=O) groups excluding carboxylic acids is 2. The summed E-state index contributed by atoms with van der Waals surface area (Å²) in [7, 11) is 2.81. The minimum absolute atomic E-state index is 0. The minimum atomic E-state index is -3.02. The van der Waals surface area contributed by atoms with Gasteiger partial charge in [-0.1, -0.05) is 6.07 Å². The van der Waals surface area contributed by atoms with Gasteiger partial charge in [-0.15, -0.1) is 24.8 Å². The molecule has 1 aliphatic carbocycles. The van der Waals surface area contributed by atoms with Gasteiger partial charge in [-0.25, -0.2) is 14.6 Å². The Labute approximate surface area is 236 Å². The van der Waals surface area contributed by atoms with Gasteiger partial charge in [0.05, 0.1) is 19.8 Å². The Hall–Kier alpha value is -3.35. The van der Waals surface area contributed by atoms with Crippen molar-refractivity contribution in [1.82, 2.24) is 9.88 Å². The third-order valence-electron chi connectivity index (χ3n) is 5.74. The van der Waals surface area contributed by atoms with Gasteiger partial charge in [-0.2, -0.15) is 8.78 Å². The second kappa shape index (κ2) is 13.6. The smallest absolute Gasteiger partial charge is 0.387 e. The lowest BCUT2D eigenvalue weighted by Crippen LogP contribution is -2.28.